The molecule has 172 valence electrons. The van der Waals surface area contributed by atoms with E-state index in [4.69, 9.17) is 9.16 Å². The zero-order valence-corrected chi connectivity index (χ0v) is 21.9. The molecule has 0 spiro atoms. The fourth-order valence-corrected chi connectivity index (χ4v) is 6.56. The molecule has 3 heterocycles. The van der Waals surface area contributed by atoms with Crippen LogP contribution in [0.3, 0.4) is 0 Å². The van der Waals surface area contributed by atoms with E-state index < -0.39 is 33.5 Å². The maximum absolute atomic E-state index is 13.1. The number of hydrogen-bond acceptors (Lipinski definition) is 7. The van der Waals surface area contributed by atoms with E-state index in [9.17, 15) is 9.90 Å². The molecule has 10 heteroatoms. The summed E-state index contributed by atoms with van der Waals surface area (Å²) in [5.41, 5.74) is -0.0994. The number of carbonyl (C=O) groups is 1. The molecule has 1 amide bonds. The van der Waals surface area contributed by atoms with Gasteiger partial charge in [0, 0.05) is 12.1 Å². The van der Waals surface area contributed by atoms with Gasteiger partial charge >= 0.3 is 6.09 Å². The largest absolute Gasteiger partial charge is 0.445 e. The zero-order chi connectivity index (χ0) is 22.9. The van der Waals surface area contributed by atoms with Crippen molar-refractivity contribution in [3.63, 3.8) is 0 Å². The SMILES string of the molecule is C=CCOC(=O)N1C(O[SiH](C)C)[C@@H](C(C)(C)C)C[C@H]1C(O)c1cn2c(SC)ncc2s1. The van der Waals surface area contributed by atoms with Crippen molar-refractivity contribution < 1.29 is 19.1 Å². The number of fused-ring (bicyclic) bond motifs is 1. The van der Waals surface area contributed by atoms with Crippen LogP contribution in [0.15, 0.2) is 30.2 Å². The average molecular weight is 484 g/mol. The van der Waals surface area contributed by atoms with Crippen molar-refractivity contribution in [3.05, 3.63) is 29.9 Å². The highest BCUT2D eigenvalue weighted by Gasteiger charge is 2.52. The van der Waals surface area contributed by atoms with Crippen molar-refractivity contribution in [2.24, 2.45) is 11.3 Å². The number of likely N-dealkylation sites (tertiary alicyclic amines) is 1. The molecule has 3 rings (SSSR count). The van der Waals surface area contributed by atoms with Gasteiger partial charge in [0.05, 0.1) is 17.1 Å². The summed E-state index contributed by atoms with van der Waals surface area (Å²) in [5.74, 6) is 0.0766. The van der Waals surface area contributed by atoms with Gasteiger partial charge in [0.25, 0.3) is 0 Å². The first-order valence-corrected chi connectivity index (χ1v) is 15.3. The Morgan fingerprint density at radius 3 is 2.81 bits per heavy atom. The molecule has 7 nitrogen and oxygen atoms in total. The third-order valence-electron chi connectivity index (χ3n) is 5.58. The number of hydrogen-bond donors (Lipinski definition) is 1. The number of imidazole rings is 1. The topological polar surface area (TPSA) is 76.3 Å². The van der Waals surface area contributed by atoms with Crippen molar-refractivity contribution in [1.82, 2.24) is 14.3 Å². The Hall–Kier alpha value is -1.33. The second-order valence-electron chi connectivity index (χ2n) is 9.16. The number of aliphatic hydroxyl groups is 1. The summed E-state index contributed by atoms with van der Waals surface area (Å²) in [6.45, 7) is 14.4. The Morgan fingerprint density at radius 1 is 1.52 bits per heavy atom. The van der Waals surface area contributed by atoms with Gasteiger partial charge in [-0.2, -0.15) is 0 Å². The Morgan fingerprint density at radius 2 is 2.23 bits per heavy atom. The van der Waals surface area contributed by atoms with Crippen LogP contribution in [-0.2, 0) is 9.16 Å². The monoisotopic (exact) mass is 483 g/mol. The average Bonchev–Trinajstić information content (AvgIpc) is 3.36. The van der Waals surface area contributed by atoms with Crippen molar-refractivity contribution in [2.45, 2.75) is 63.8 Å². The molecule has 0 bridgehead atoms. The lowest BCUT2D eigenvalue weighted by atomic mass is 9.78. The first-order valence-electron chi connectivity index (χ1n) is 10.5. The van der Waals surface area contributed by atoms with Gasteiger partial charge in [-0.3, -0.25) is 9.30 Å². The Bertz CT molecular complexity index is 923. The molecule has 0 aromatic carbocycles. The van der Waals surface area contributed by atoms with E-state index in [1.165, 1.54) is 11.3 Å². The molecule has 0 aliphatic carbocycles. The lowest BCUT2D eigenvalue weighted by Gasteiger charge is -2.36. The second kappa shape index (κ2) is 9.66. The Labute approximate surface area is 194 Å². The lowest BCUT2D eigenvalue weighted by molar-refractivity contribution is -0.0292. The van der Waals surface area contributed by atoms with E-state index in [0.717, 1.165) is 14.9 Å². The number of carbonyl (C=O) groups excluding carboxylic acids is 1. The normalized spacial score (nSPS) is 23.0. The van der Waals surface area contributed by atoms with E-state index in [-0.39, 0.29) is 17.9 Å². The van der Waals surface area contributed by atoms with E-state index >= 15 is 0 Å². The highest BCUT2D eigenvalue weighted by Crippen LogP contribution is 2.46. The van der Waals surface area contributed by atoms with Crippen LogP contribution in [0.4, 0.5) is 4.79 Å². The molecule has 1 aliphatic heterocycles. The molecule has 0 radical (unpaired) electrons. The Kier molecular flexibility index (Phi) is 7.57. The van der Waals surface area contributed by atoms with E-state index in [1.807, 2.05) is 23.1 Å². The van der Waals surface area contributed by atoms with Crippen molar-refractivity contribution >= 4 is 43.1 Å². The van der Waals surface area contributed by atoms with Crippen molar-refractivity contribution in [3.8, 4) is 0 Å². The van der Waals surface area contributed by atoms with Gasteiger partial charge in [0.15, 0.2) is 14.2 Å². The minimum absolute atomic E-state index is 0.0766. The fraction of sp³-hybridized carbons (Fsp3) is 0.619. The summed E-state index contributed by atoms with van der Waals surface area (Å²) >= 11 is 3.05. The molecule has 0 saturated carbocycles. The summed E-state index contributed by atoms with van der Waals surface area (Å²) < 4.78 is 13.8. The summed E-state index contributed by atoms with van der Waals surface area (Å²) in [7, 11) is -1.46. The molecule has 1 saturated heterocycles. The summed E-state index contributed by atoms with van der Waals surface area (Å²) in [6.07, 6.45) is 6.17. The number of ether oxygens (including phenoxy) is 1. The maximum atomic E-state index is 13.1. The number of aliphatic hydroxyl groups excluding tert-OH is 1. The molecule has 31 heavy (non-hydrogen) atoms. The van der Waals surface area contributed by atoms with Gasteiger partial charge in [-0.05, 0) is 31.2 Å². The van der Waals surface area contributed by atoms with E-state index in [2.05, 4.69) is 45.4 Å². The molecule has 2 aromatic rings. The summed E-state index contributed by atoms with van der Waals surface area (Å²) in [4.78, 5) is 20.9. The zero-order valence-electron chi connectivity index (χ0n) is 19.1. The first kappa shape index (κ1) is 24.3. The van der Waals surface area contributed by atoms with Crippen LogP contribution in [0.25, 0.3) is 4.83 Å². The van der Waals surface area contributed by atoms with Crippen LogP contribution >= 0.6 is 23.1 Å². The van der Waals surface area contributed by atoms with Crippen LogP contribution in [0.5, 0.6) is 0 Å². The number of amides is 1. The first-order chi connectivity index (χ1) is 14.6. The smallest absolute Gasteiger partial charge is 0.412 e. The van der Waals surface area contributed by atoms with Gasteiger partial charge in [-0.1, -0.05) is 45.2 Å². The van der Waals surface area contributed by atoms with E-state index in [0.29, 0.717) is 6.42 Å². The third kappa shape index (κ3) is 5.03. The number of thioether (sulfide) groups is 1. The summed E-state index contributed by atoms with van der Waals surface area (Å²) in [6, 6.07) is -0.437. The minimum Gasteiger partial charge on any atom is -0.445 e. The number of aromatic nitrogens is 2. The highest BCUT2D eigenvalue weighted by atomic mass is 32.2. The van der Waals surface area contributed by atoms with Crippen LogP contribution in [0.2, 0.25) is 13.1 Å². The molecular weight excluding hydrogens is 450 g/mol. The van der Waals surface area contributed by atoms with E-state index in [1.54, 1.807) is 22.7 Å². The van der Waals surface area contributed by atoms with Crippen LogP contribution in [-0.4, -0.2) is 59.7 Å². The quantitative estimate of drug-likeness (QED) is 0.354. The lowest BCUT2D eigenvalue weighted by Crippen LogP contribution is -2.48. The molecule has 1 aliphatic rings. The third-order valence-corrected chi connectivity index (χ3v) is 8.16. The van der Waals surface area contributed by atoms with Crippen molar-refractivity contribution in [2.75, 3.05) is 12.9 Å². The predicted molar refractivity (Wildman–Crippen MR) is 128 cm³/mol. The highest BCUT2D eigenvalue weighted by molar-refractivity contribution is 7.98. The number of thiazole rings is 1. The number of nitrogens with zero attached hydrogens (tertiary/aromatic N) is 3. The number of rotatable bonds is 7. The summed E-state index contributed by atoms with van der Waals surface area (Å²) in [5, 5.41) is 12.3. The van der Waals surface area contributed by atoms with Gasteiger partial charge in [-0.25, -0.2) is 9.78 Å². The Balaban J connectivity index is 1.99. The fourth-order valence-electron chi connectivity index (χ4n) is 4.09. The second-order valence-corrected chi connectivity index (χ2v) is 13.4. The van der Waals surface area contributed by atoms with Gasteiger partial charge in [0.1, 0.15) is 23.8 Å². The molecule has 4 atom stereocenters. The van der Waals surface area contributed by atoms with Crippen molar-refractivity contribution in [1.29, 1.82) is 0 Å². The molecule has 1 N–H and O–H groups in total. The van der Waals surface area contributed by atoms with Gasteiger partial charge in [0.2, 0.25) is 0 Å². The molecule has 2 aromatic heterocycles. The standard InChI is InChI=1S/C21H33N3O4S2Si/c1-8-9-27-20(26)24-14(10-13(21(2,3)4)18(24)28-31(6)7)17(25)15-12-23-16(30-15)11-22-19(23)29-5/h8,11-14,17-18,25,31H,1,9-10H2,2-7H3/t13-,14-,17?,18?/m0/s1. The maximum Gasteiger partial charge on any atom is 0.412 e. The van der Waals surface area contributed by atoms with Crippen LogP contribution < -0.4 is 0 Å². The predicted octanol–water partition coefficient (Wildman–Crippen LogP) is 4.54. The van der Waals surface area contributed by atoms with Crippen LogP contribution in [0.1, 0.15) is 38.2 Å². The molecule has 1 fully saturated rings. The van der Waals surface area contributed by atoms with Crippen LogP contribution in [0, 0.1) is 11.3 Å². The molecule has 2 unspecified atom stereocenters. The minimum atomic E-state index is -1.46. The van der Waals surface area contributed by atoms with Gasteiger partial charge in [-0.15, -0.1) is 11.3 Å². The van der Waals surface area contributed by atoms with Gasteiger partial charge < -0.3 is 14.3 Å². The molecular formula is C21H33N3O4S2Si.